The van der Waals surface area contributed by atoms with Gasteiger partial charge in [0.1, 0.15) is 0 Å². The summed E-state index contributed by atoms with van der Waals surface area (Å²) in [5, 5.41) is 8.00. The maximum absolute atomic E-state index is 4.41. The number of hydrogen-bond donors (Lipinski definition) is 1. The first kappa shape index (κ1) is 10.7. The predicted molar refractivity (Wildman–Crippen MR) is 61.9 cm³/mol. The van der Waals surface area contributed by atoms with Gasteiger partial charge in [-0.1, -0.05) is 13.3 Å². The lowest BCUT2D eigenvalue weighted by atomic mass is 10.1. The van der Waals surface area contributed by atoms with Crippen LogP contribution in [0.3, 0.4) is 0 Å². The number of rotatable bonds is 6. The van der Waals surface area contributed by atoms with Gasteiger partial charge in [0.05, 0.1) is 12.2 Å². The largest absolute Gasteiger partial charge is 0.312 e. The second kappa shape index (κ2) is 4.79. The van der Waals surface area contributed by atoms with Crippen molar-refractivity contribution in [3.05, 3.63) is 18.0 Å². The summed E-state index contributed by atoms with van der Waals surface area (Å²) in [5.41, 5.74) is 1.25. The minimum atomic E-state index is 0.532. The molecular weight excluding hydrogens is 186 g/mol. The molecule has 0 amide bonds. The van der Waals surface area contributed by atoms with Gasteiger partial charge in [-0.15, -0.1) is 0 Å². The summed E-state index contributed by atoms with van der Waals surface area (Å²) in [6.07, 6.45) is 9.24. The van der Waals surface area contributed by atoms with Gasteiger partial charge in [0.25, 0.3) is 0 Å². The molecule has 1 aromatic rings. The van der Waals surface area contributed by atoms with E-state index in [0.717, 1.165) is 12.6 Å². The van der Waals surface area contributed by atoms with Gasteiger partial charge >= 0.3 is 0 Å². The minimum Gasteiger partial charge on any atom is -0.312 e. The first-order valence-electron chi connectivity index (χ1n) is 6.03. The third-order valence-electron chi connectivity index (χ3n) is 2.95. The van der Waals surface area contributed by atoms with Crippen LogP contribution in [-0.4, -0.2) is 22.4 Å². The number of aromatic nitrogens is 2. The summed E-state index contributed by atoms with van der Waals surface area (Å²) in [6, 6.07) is 1.32. The van der Waals surface area contributed by atoms with E-state index in [2.05, 4.69) is 35.1 Å². The summed E-state index contributed by atoms with van der Waals surface area (Å²) >= 11 is 0. The molecule has 0 saturated heterocycles. The SMILES string of the molecule is CCCC(CNC1CC1)n1cc(C)cn1. The summed E-state index contributed by atoms with van der Waals surface area (Å²) in [6.45, 7) is 5.40. The predicted octanol–water partition coefficient (Wildman–Crippen LogP) is 2.28. The monoisotopic (exact) mass is 207 g/mol. The Balaban J connectivity index is 1.91. The molecule has 1 unspecified atom stereocenters. The van der Waals surface area contributed by atoms with Crippen molar-refractivity contribution in [3.8, 4) is 0 Å². The number of nitrogens with zero attached hydrogens (tertiary/aromatic N) is 2. The Morgan fingerprint density at radius 3 is 2.93 bits per heavy atom. The highest BCUT2D eigenvalue weighted by atomic mass is 15.3. The molecule has 0 radical (unpaired) electrons. The fourth-order valence-electron chi connectivity index (χ4n) is 1.88. The van der Waals surface area contributed by atoms with E-state index in [1.54, 1.807) is 0 Å². The average molecular weight is 207 g/mol. The summed E-state index contributed by atoms with van der Waals surface area (Å²) in [7, 11) is 0. The molecule has 1 fully saturated rings. The van der Waals surface area contributed by atoms with Gasteiger partial charge in [-0.3, -0.25) is 4.68 Å². The van der Waals surface area contributed by atoms with Crippen molar-refractivity contribution >= 4 is 0 Å². The van der Waals surface area contributed by atoms with Crippen molar-refractivity contribution in [1.82, 2.24) is 15.1 Å². The quantitative estimate of drug-likeness (QED) is 0.775. The second-order valence-corrected chi connectivity index (χ2v) is 4.62. The maximum atomic E-state index is 4.41. The number of hydrogen-bond acceptors (Lipinski definition) is 2. The van der Waals surface area contributed by atoms with Crippen LogP contribution >= 0.6 is 0 Å². The van der Waals surface area contributed by atoms with Gasteiger partial charge < -0.3 is 5.32 Å². The highest BCUT2D eigenvalue weighted by Crippen LogP contribution is 2.20. The van der Waals surface area contributed by atoms with E-state index in [1.807, 2.05) is 6.20 Å². The van der Waals surface area contributed by atoms with E-state index in [4.69, 9.17) is 0 Å². The molecule has 1 N–H and O–H groups in total. The summed E-state index contributed by atoms with van der Waals surface area (Å²) in [4.78, 5) is 0. The van der Waals surface area contributed by atoms with Crippen LogP contribution in [0.5, 0.6) is 0 Å². The molecule has 1 saturated carbocycles. The zero-order valence-electron chi connectivity index (χ0n) is 9.74. The molecule has 84 valence electrons. The topological polar surface area (TPSA) is 29.9 Å². The van der Waals surface area contributed by atoms with E-state index >= 15 is 0 Å². The van der Waals surface area contributed by atoms with E-state index in [-0.39, 0.29) is 0 Å². The molecule has 2 rings (SSSR count). The van der Waals surface area contributed by atoms with Crippen LogP contribution < -0.4 is 5.32 Å². The van der Waals surface area contributed by atoms with E-state index < -0.39 is 0 Å². The lowest BCUT2D eigenvalue weighted by Gasteiger charge is -2.17. The average Bonchev–Trinajstić information content (AvgIpc) is 2.95. The van der Waals surface area contributed by atoms with Gasteiger partial charge in [0.15, 0.2) is 0 Å². The smallest absolute Gasteiger partial charge is 0.0643 e. The lowest BCUT2D eigenvalue weighted by molar-refractivity contribution is 0.394. The Bertz CT molecular complexity index is 302. The molecule has 3 nitrogen and oxygen atoms in total. The molecule has 1 aliphatic carbocycles. The van der Waals surface area contributed by atoms with Crippen LogP contribution in [0.1, 0.15) is 44.2 Å². The van der Waals surface area contributed by atoms with Crippen LogP contribution in [0.25, 0.3) is 0 Å². The standard InChI is InChI=1S/C12H21N3/c1-3-4-12(8-13-11-5-6-11)15-9-10(2)7-14-15/h7,9,11-13H,3-6,8H2,1-2H3. The molecule has 1 atom stereocenters. The van der Waals surface area contributed by atoms with Crippen molar-refractivity contribution in [2.45, 2.75) is 51.6 Å². The highest BCUT2D eigenvalue weighted by molar-refractivity contribution is 5.00. The van der Waals surface area contributed by atoms with Crippen LogP contribution in [0.15, 0.2) is 12.4 Å². The van der Waals surface area contributed by atoms with Crippen LogP contribution in [0.4, 0.5) is 0 Å². The molecule has 0 aliphatic heterocycles. The maximum Gasteiger partial charge on any atom is 0.0643 e. The summed E-state index contributed by atoms with van der Waals surface area (Å²) in [5.74, 6) is 0. The van der Waals surface area contributed by atoms with Crippen molar-refractivity contribution in [2.24, 2.45) is 0 Å². The third-order valence-corrected chi connectivity index (χ3v) is 2.95. The molecule has 1 aliphatic rings. The minimum absolute atomic E-state index is 0.532. The van der Waals surface area contributed by atoms with Gasteiger partial charge in [-0.25, -0.2) is 0 Å². The molecule has 1 aromatic heterocycles. The zero-order chi connectivity index (χ0) is 10.7. The van der Waals surface area contributed by atoms with Gasteiger partial charge in [0.2, 0.25) is 0 Å². The zero-order valence-corrected chi connectivity index (χ0v) is 9.74. The van der Waals surface area contributed by atoms with Crippen molar-refractivity contribution < 1.29 is 0 Å². The first-order chi connectivity index (χ1) is 7.29. The Morgan fingerprint density at radius 2 is 2.40 bits per heavy atom. The number of aryl methyl sites for hydroxylation is 1. The third kappa shape index (κ3) is 3.06. The Labute approximate surface area is 91.9 Å². The highest BCUT2D eigenvalue weighted by Gasteiger charge is 2.22. The molecular formula is C12H21N3. The van der Waals surface area contributed by atoms with Crippen LogP contribution in [0.2, 0.25) is 0 Å². The van der Waals surface area contributed by atoms with Gasteiger partial charge in [0, 0.05) is 18.8 Å². The molecule has 0 spiro atoms. The normalized spacial score (nSPS) is 18.0. The van der Waals surface area contributed by atoms with Crippen LogP contribution in [-0.2, 0) is 0 Å². The second-order valence-electron chi connectivity index (χ2n) is 4.62. The number of nitrogens with one attached hydrogen (secondary N) is 1. The fourth-order valence-corrected chi connectivity index (χ4v) is 1.88. The van der Waals surface area contributed by atoms with E-state index in [9.17, 15) is 0 Å². The van der Waals surface area contributed by atoms with E-state index in [0.29, 0.717) is 6.04 Å². The van der Waals surface area contributed by atoms with Gasteiger partial charge in [-0.2, -0.15) is 5.10 Å². The fraction of sp³-hybridized carbons (Fsp3) is 0.750. The molecule has 3 heteroatoms. The van der Waals surface area contributed by atoms with E-state index in [1.165, 1.54) is 31.2 Å². The van der Waals surface area contributed by atoms with Crippen molar-refractivity contribution in [2.75, 3.05) is 6.54 Å². The van der Waals surface area contributed by atoms with Crippen molar-refractivity contribution in [3.63, 3.8) is 0 Å². The molecule has 0 aromatic carbocycles. The van der Waals surface area contributed by atoms with Crippen LogP contribution in [0, 0.1) is 6.92 Å². The Kier molecular flexibility index (Phi) is 3.41. The van der Waals surface area contributed by atoms with Gasteiger partial charge in [-0.05, 0) is 31.7 Å². The lowest BCUT2D eigenvalue weighted by Crippen LogP contribution is -2.27. The first-order valence-corrected chi connectivity index (χ1v) is 6.03. The Hall–Kier alpha value is -0.830. The Morgan fingerprint density at radius 1 is 1.60 bits per heavy atom. The molecule has 1 heterocycles. The summed E-state index contributed by atoms with van der Waals surface area (Å²) < 4.78 is 2.12. The molecule has 15 heavy (non-hydrogen) atoms. The van der Waals surface area contributed by atoms with Crippen molar-refractivity contribution in [1.29, 1.82) is 0 Å². The molecule has 0 bridgehead atoms.